The number of nitrogens with two attached hydrogens (primary N) is 1. The third-order valence-electron chi connectivity index (χ3n) is 1.31. The molecule has 1 saturated heterocycles. The predicted octanol–water partition coefficient (Wildman–Crippen LogP) is 0.462. The van der Waals surface area contributed by atoms with Gasteiger partial charge in [-0.05, 0) is 6.42 Å². The fourth-order valence-corrected chi connectivity index (χ4v) is 0.817. The van der Waals surface area contributed by atoms with Crippen LogP contribution in [0.5, 0.6) is 0 Å². The van der Waals surface area contributed by atoms with Crippen LogP contribution in [0.4, 0.5) is 0 Å². The molecule has 0 amide bonds. The van der Waals surface area contributed by atoms with Crippen molar-refractivity contribution in [1.82, 2.24) is 0 Å². The van der Waals surface area contributed by atoms with Gasteiger partial charge in [-0.25, -0.2) is 0 Å². The number of rotatable bonds is 0. The standard InChI is InChI=1S/C5H10BN/c7-5-1-3-6-4-2-5/h1,5H,2-4,7H2/q+1. The Morgan fingerprint density at radius 3 is 2.86 bits per heavy atom. The van der Waals surface area contributed by atoms with Crippen LogP contribution in [0.1, 0.15) is 6.42 Å². The van der Waals surface area contributed by atoms with E-state index >= 15 is 0 Å². The third kappa shape index (κ3) is 1.43. The van der Waals surface area contributed by atoms with Crippen LogP contribution < -0.4 is 5.73 Å². The first-order valence-corrected chi connectivity index (χ1v) is 2.80. The molecule has 1 unspecified atom stereocenters. The van der Waals surface area contributed by atoms with Crippen LogP contribution in [0.25, 0.3) is 0 Å². The second-order valence-corrected chi connectivity index (χ2v) is 2.00. The molecule has 0 spiro atoms. The van der Waals surface area contributed by atoms with Crippen molar-refractivity contribution in [1.29, 1.82) is 0 Å². The van der Waals surface area contributed by atoms with Gasteiger partial charge >= 0.3 is 0 Å². The van der Waals surface area contributed by atoms with E-state index in [0.717, 1.165) is 12.7 Å². The Hall–Kier alpha value is -0.105. The minimum absolute atomic E-state index is 0.380. The summed E-state index contributed by atoms with van der Waals surface area (Å²) in [5, 5.41) is 0. The molecule has 0 aromatic heterocycles. The van der Waals surface area contributed by atoms with Gasteiger partial charge in [-0.2, -0.15) is 0 Å². The maximum absolute atomic E-state index is 5.56. The summed E-state index contributed by atoms with van der Waals surface area (Å²) >= 11 is 0. The average Bonchev–Trinajstić information content (AvgIpc) is 1.69. The van der Waals surface area contributed by atoms with Crippen molar-refractivity contribution >= 4 is 7.28 Å². The van der Waals surface area contributed by atoms with Crippen LogP contribution in [0.2, 0.25) is 12.6 Å². The van der Waals surface area contributed by atoms with Crippen LogP contribution in [-0.4, -0.2) is 13.3 Å². The molecular formula is C5H10BN+. The summed E-state index contributed by atoms with van der Waals surface area (Å²) < 4.78 is 0. The van der Waals surface area contributed by atoms with Gasteiger partial charge in [-0.3, -0.25) is 5.73 Å². The van der Waals surface area contributed by atoms with Gasteiger partial charge in [0.05, 0.1) is 12.7 Å². The molecule has 0 bridgehead atoms. The minimum atomic E-state index is 0.380. The average molecular weight is 95.0 g/mol. The Morgan fingerprint density at radius 2 is 2.57 bits per heavy atom. The number of hydrogen-bond acceptors (Lipinski definition) is 1. The molecule has 1 heterocycles. The van der Waals surface area contributed by atoms with Crippen LogP contribution >= 0.6 is 0 Å². The lowest BCUT2D eigenvalue weighted by molar-refractivity contribution is 0.710. The fourth-order valence-electron chi connectivity index (χ4n) is 0.817. The summed E-state index contributed by atoms with van der Waals surface area (Å²) in [6, 6.07) is 0.380. The zero-order chi connectivity index (χ0) is 5.11. The van der Waals surface area contributed by atoms with Crippen LogP contribution in [0, 0.1) is 6.42 Å². The van der Waals surface area contributed by atoms with Gasteiger partial charge in [-0.15, -0.1) is 0 Å². The lowest BCUT2D eigenvalue weighted by atomic mass is 9.63. The Bertz CT molecular complexity index is 50.0. The zero-order valence-electron chi connectivity index (χ0n) is 4.43. The molecule has 1 rings (SSSR count). The van der Waals surface area contributed by atoms with Gasteiger partial charge in [0.25, 0.3) is 0 Å². The van der Waals surface area contributed by atoms with E-state index in [-0.39, 0.29) is 0 Å². The first-order valence-electron chi connectivity index (χ1n) is 2.80. The van der Waals surface area contributed by atoms with E-state index in [1.165, 1.54) is 6.32 Å². The Morgan fingerprint density at radius 1 is 1.71 bits per heavy atom. The van der Waals surface area contributed by atoms with Gasteiger partial charge < -0.3 is 0 Å². The highest BCUT2D eigenvalue weighted by Gasteiger charge is 2.16. The molecule has 2 heteroatoms. The first kappa shape index (κ1) is 5.04. The largest absolute Gasteiger partial charge is 0.290 e. The van der Waals surface area contributed by atoms with E-state index in [4.69, 9.17) is 5.73 Å². The van der Waals surface area contributed by atoms with E-state index in [1.807, 2.05) is 0 Å². The van der Waals surface area contributed by atoms with Crippen molar-refractivity contribution in [2.75, 3.05) is 0 Å². The maximum atomic E-state index is 5.56. The van der Waals surface area contributed by atoms with Crippen molar-refractivity contribution in [2.24, 2.45) is 5.73 Å². The van der Waals surface area contributed by atoms with Gasteiger partial charge in [0.1, 0.15) is 6.04 Å². The Kier molecular flexibility index (Phi) is 1.63. The van der Waals surface area contributed by atoms with Gasteiger partial charge in [-0.1, -0.05) is 6.32 Å². The molecule has 7 heavy (non-hydrogen) atoms. The predicted molar refractivity (Wildman–Crippen MR) is 32.3 cm³/mol. The topological polar surface area (TPSA) is 26.0 Å². The highest BCUT2D eigenvalue weighted by Crippen LogP contribution is 2.08. The molecule has 2 N–H and O–H groups in total. The minimum Gasteiger partial charge on any atom is -0.290 e. The highest BCUT2D eigenvalue weighted by atomic mass is 14.6. The molecule has 0 aromatic carbocycles. The third-order valence-corrected chi connectivity index (χ3v) is 1.31. The molecule has 1 aliphatic rings. The van der Waals surface area contributed by atoms with Crippen LogP contribution in [0.15, 0.2) is 0 Å². The monoisotopic (exact) mass is 95.1 g/mol. The van der Waals surface area contributed by atoms with E-state index < -0.39 is 0 Å². The van der Waals surface area contributed by atoms with Crippen molar-refractivity contribution in [3.05, 3.63) is 6.42 Å². The lowest BCUT2D eigenvalue weighted by Crippen LogP contribution is -2.24. The fraction of sp³-hybridized carbons (Fsp3) is 0.800. The molecule has 1 nitrogen and oxygen atoms in total. The molecule has 0 aromatic rings. The van der Waals surface area contributed by atoms with E-state index in [0.29, 0.717) is 6.04 Å². The molecule has 0 saturated carbocycles. The summed E-state index contributed by atoms with van der Waals surface area (Å²) in [5.41, 5.74) is 5.56. The molecule has 1 atom stereocenters. The highest BCUT2D eigenvalue weighted by molar-refractivity contribution is 6.36. The van der Waals surface area contributed by atoms with Gasteiger partial charge in [0, 0.05) is 0 Å². The zero-order valence-corrected chi connectivity index (χ0v) is 4.43. The summed E-state index contributed by atoms with van der Waals surface area (Å²) in [7, 11) is 2.27. The van der Waals surface area contributed by atoms with Crippen molar-refractivity contribution in [2.45, 2.75) is 25.1 Å². The summed E-state index contributed by atoms with van der Waals surface area (Å²) in [5.74, 6) is 0. The quantitative estimate of drug-likeness (QED) is 0.343. The van der Waals surface area contributed by atoms with Crippen molar-refractivity contribution in [3.63, 3.8) is 0 Å². The van der Waals surface area contributed by atoms with Gasteiger partial charge in [0.2, 0.25) is 0 Å². The molecule has 1 radical (unpaired) electrons. The van der Waals surface area contributed by atoms with E-state index in [2.05, 4.69) is 13.7 Å². The molecule has 0 aliphatic carbocycles. The molecule has 1 fully saturated rings. The Labute approximate surface area is 45.5 Å². The summed E-state index contributed by atoms with van der Waals surface area (Å²) in [6.07, 6.45) is 5.63. The smallest absolute Gasteiger partial charge is 0.171 e. The van der Waals surface area contributed by atoms with Gasteiger partial charge in [0.15, 0.2) is 7.28 Å². The molecule has 1 aliphatic heterocycles. The summed E-state index contributed by atoms with van der Waals surface area (Å²) in [6.45, 7) is 0. The van der Waals surface area contributed by atoms with Crippen LogP contribution in [-0.2, 0) is 0 Å². The first-order chi connectivity index (χ1) is 3.39. The van der Waals surface area contributed by atoms with E-state index in [9.17, 15) is 0 Å². The van der Waals surface area contributed by atoms with Crippen molar-refractivity contribution < 1.29 is 0 Å². The Balaban J connectivity index is 2.12. The number of hydrogen-bond donors (Lipinski definition) is 1. The second kappa shape index (κ2) is 2.27. The lowest BCUT2D eigenvalue weighted by Gasteiger charge is -2.06. The van der Waals surface area contributed by atoms with E-state index in [1.54, 1.807) is 0 Å². The normalized spacial score (nSPS) is 30.7. The van der Waals surface area contributed by atoms with Crippen LogP contribution in [0.3, 0.4) is 0 Å². The second-order valence-electron chi connectivity index (χ2n) is 2.00. The maximum Gasteiger partial charge on any atom is 0.171 e. The van der Waals surface area contributed by atoms with Crippen molar-refractivity contribution in [3.8, 4) is 0 Å². The molecular weight excluding hydrogens is 84.9 g/mol. The molecule has 37 valence electrons. The SMILES string of the molecule is NC1[CH+]C[B]CC1. The summed E-state index contributed by atoms with van der Waals surface area (Å²) in [4.78, 5) is 0.